The van der Waals surface area contributed by atoms with Crippen molar-refractivity contribution in [2.75, 3.05) is 13.1 Å². The minimum atomic E-state index is -0.950. The van der Waals surface area contributed by atoms with Crippen LogP contribution in [0.15, 0.2) is 30.3 Å². The predicted molar refractivity (Wildman–Crippen MR) is 93.5 cm³/mol. The topological polar surface area (TPSA) is 69.6 Å². The quantitative estimate of drug-likeness (QED) is 0.805. The number of amides is 1. The number of nitrogens with zero attached hydrogens (tertiary/aromatic N) is 1. The van der Waals surface area contributed by atoms with Crippen LogP contribution in [-0.2, 0) is 16.1 Å². The van der Waals surface area contributed by atoms with Gasteiger partial charge in [0.05, 0.1) is 5.92 Å². The van der Waals surface area contributed by atoms with Gasteiger partial charge in [-0.2, -0.15) is 0 Å². The lowest BCUT2D eigenvalue weighted by molar-refractivity contribution is -0.143. The molecule has 0 aromatic heterocycles. The molecule has 0 spiro atoms. The van der Waals surface area contributed by atoms with Crippen molar-refractivity contribution in [2.24, 2.45) is 11.8 Å². The van der Waals surface area contributed by atoms with Gasteiger partial charge in [-0.25, -0.2) is 4.79 Å². The van der Waals surface area contributed by atoms with E-state index in [0.29, 0.717) is 13.0 Å². The maximum Gasteiger partial charge on any atom is 0.326 e. The molecule has 1 aromatic rings. The van der Waals surface area contributed by atoms with Crippen LogP contribution < -0.4 is 5.32 Å². The molecule has 132 valence electrons. The fourth-order valence-electron chi connectivity index (χ4n) is 3.24. The van der Waals surface area contributed by atoms with E-state index < -0.39 is 12.0 Å². The molecule has 5 heteroatoms. The fourth-order valence-corrected chi connectivity index (χ4v) is 3.24. The smallest absolute Gasteiger partial charge is 0.326 e. The molecule has 2 rings (SSSR count). The monoisotopic (exact) mass is 332 g/mol. The lowest BCUT2D eigenvalue weighted by Gasteiger charge is -2.32. The Labute approximate surface area is 144 Å². The highest BCUT2D eigenvalue weighted by Gasteiger charge is 2.29. The Bertz CT molecular complexity index is 545. The Morgan fingerprint density at radius 1 is 1.29 bits per heavy atom. The molecule has 0 radical (unpaired) electrons. The summed E-state index contributed by atoms with van der Waals surface area (Å²) >= 11 is 0. The molecular weight excluding hydrogens is 304 g/mol. The summed E-state index contributed by atoms with van der Waals surface area (Å²) in [5.74, 6) is -0.973. The van der Waals surface area contributed by atoms with Crippen molar-refractivity contribution in [3.05, 3.63) is 35.9 Å². The first kappa shape index (κ1) is 18.5. The number of likely N-dealkylation sites (tertiary alicyclic amines) is 1. The highest BCUT2D eigenvalue weighted by Crippen LogP contribution is 2.19. The minimum Gasteiger partial charge on any atom is -0.480 e. The molecule has 0 aliphatic carbocycles. The SMILES string of the molecule is CC(C)CC(NC(=O)C1CCCN(Cc2ccccc2)C1)C(=O)O. The van der Waals surface area contributed by atoms with Crippen LogP contribution in [0.4, 0.5) is 0 Å². The molecule has 1 fully saturated rings. The molecule has 1 amide bonds. The highest BCUT2D eigenvalue weighted by molar-refractivity contribution is 5.85. The first-order valence-corrected chi connectivity index (χ1v) is 8.75. The third-order valence-electron chi connectivity index (χ3n) is 4.45. The van der Waals surface area contributed by atoms with Crippen LogP contribution in [0.1, 0.15) is 38.7 Å². The number of piperidine rings is 1. The molecule has 1 aliphatic heterocycles. The molecule has 2 atom stereocenters. The van der Waals surface area contributed by atoms with E-state index in [0.717, 1.165) is 25.9 Å². The third-order valence-corrected chi connectivity index (χ3v) is 4.45. The van der Waals surface area contributed by atoms with Crippen LogP contribution >= 0.6 is 0 Å². The largest absolute Gasteiger partial charge is 0.480 e. The Kier molecular flexibility index (Phi) is 6.79. The number of hydrogen-bond acceptors (Lipinski definition) is 3. The molecule has 0 bridgehead atoms. The van der Waals surface area contributed by atoms with Crippen molar-refractivity contribution in [1.29, 1.82) is 0 Å². The zero-order valence-corrected chi connectivity index (χ0v) is 14.6. The number of benzene rings is 1. The highest BCUT2D eigenvalue weighted by atomic mass is 16.4. The summed E-state index contributed by atoms with van der Waals surface area (Å²) in [5.41, 5.74) is 1.24. The number of rotatable bonds is 7. The molecule has 1 saturated heterocycles. The number of carbonyl (C=O) groups excluding carboxylic acids is 1. The second kappa shape index (κ2) is 8.83. The summed E-state index contributed by atoms with van der Waals surface area (Å²) in [6.07, 6.45) is 2.25. The van der Waals surface area contributed by atoms with Crippen LogP contribution in [0.5, 0.6) is 0 Å². The van der Waals surface area contributed by atoms with E-state index in [2.05, 4.69) is 22.3 Å². The number of aliphatic carboxylic acids is 1. The van der Waals surface area contributed by atoms with Crippen molar-refractivity contribution in [3.8, 4) is 0 Å². The van der Waals surface area contributed by atoms with E-state index in [9.17, 15) is 14.7 Å². The third kappa shape index (κ3) is 5.64. The van der Waals surface area contributed by atoms with Crippen molar-refractivity contribution in [3.63, 3.8) is 0 Å². The second-order valence-corrected chi connectivity index (χ2v) is 7.09. The van der Waals surface area contributed by atoms with Gasteiger partial charge in [-0.15, -0.1) is 0 Å². The van der Waals surface area contributed by atoms with Crippen molar-refractivity contribution in [1.82, 2.24) is 10.2 Å². The summed E-state index contributed by atoms with van der Waals surface area (Å²) in [5, 5.41) is 12.0. The summed E-state index contributed by atoms with van der Waals surface area (Å²) in [6, 6.07) is 9.43. The lowest BCUT2D eigenvalue weighted by Crippen LogP contribution is -2.48. The fraction of sp³-hybridized carbons (Fsp3) is 0.579. The molecule has 24 heavy (non-hydrogen) atoms. The Balaban J connectivity index is 1.90. The van der Waals surface area contributed by atoms with Crippen LogP contribution in [-0.4, -0.2) is 41.0 Å². The average molecular weight is 332 g/mol. The number of hydrogen-bond donors (Lipinski definition) is 2. The van der Waals surface area contributed by atoms with Gasteiger partial charge in [-0.3, -0.25) is 9.69 Å². The van der Waals surface area contributed by atoms with E-state index in [1.807, 2.05) is 32.0 Å². The first-order chi connectivity index (χ1) is 11.5. The number of carboxylic acid groups (broad SMARTS) is 1. The molecule has 5 nitrogen and oxygen atoms in total. The molecule has 2 N–H and O–H groups in total. The van der Waals surface area contributed by atoms with Gasteiger partial charge in [0, 0.05) is 13.1 Å². The van der Waals surface area contributed by atoms with Gasteiger partial charge in [-0.05, 0) is 37.3 Å². The normalized spacial score (nSPS) is 19.9. The molecule has 1 aliphatic rings. The standard InChI is InChI=1S/C19H28N2O3/c1-14(2)11-17(19(23)24)20-18(22)16-9-6-10-21(13-16)12-15-7-4-3-5-8-15/h3-5,7-8,14,16-17H,6,9-13H2,1-2H3,(H,20,22)(H,23,24). The Morgan fingerprint density at radius 2 is 2.00 bits per heavy atom. The molecular formula is C19H28N2O3. The van der Waals surface area contributed by atoms with Crippen LogP contribution in [0.2, 0.25) is 0 Å². The van der Waals surface area contributed by atoms with Crippen molar-refractivity contribution in [2.45, 2.75) is 45.7 Å². The van der Waals surface area contributed by atoms with E-state index >= 15 is 0 Å². The zero-order valence-electron chi connectivity index (χ0n) is 14.6. The van der Waals surface area contributed by atoms with E-state index in [1.54, 1.807) is 0 Å². The lowest BCUT2D eigenvalue weighted by atomic mass is 9.95. The number of carbonyl (C=O) groups is 2. The first-order valence-electron chi connectivity index (χ1n) is 8.75. The molecule has 2 unspecified atom stereocenters. The average Bonchev–Trinajstić information content (AvgIpc) is 2.55. The van der Waals surface area contributed by atoms with E-state index in [4.69, 9.17) is 0 Å². The summed E-state index contributed by atoms with van der Waals surface area (Å²) < 4.78 is 0. The number of carboxylic acids is 1. The van der Waals surface area contributed by atoms with Crippen LogP contribution in [0.25, 0.3) is 0 Å². The number of nitrogens with one attached hydrogen (secondary N) is 1. The van der Waals surface area contributed by atoms with Gasteiger partial charge in [0.15, 0.2) is 0 Å². The molecule has 0 saturated carbocycles. The van der Waals surface area contributed by atoms with Crippen molar-refractivity contribution < 1.29 is 14.7 Å². The van der Waals surface area contributed by atoms with Gasteiger partial charge in [0.1, 0.15) is 6.04 Å². The second-order valence-electron chi connectivity index (χ2n) is 7.09. The van der Waals surface area contributed by atoms with Gasteiger partial charge in [0.2, 0.25) is 5.91 Å². The van der Waals surface area contributed by atoms with Crippen LogP contribution in [0, 0.1) is 11.8 Å². The van der Waals surface area contributed by atoms with Crippen LogP contribution in [0.3, 0.4) is 0 Å². The minimum absolute atomic E-state index is 0.124. The van der Waals surface area contributed by atoms with Gasteiger partial charge >= 0.3 is 5.97 Å². The summed E-state index contributed by atoms with van der Waals surface area (Å²) in [7, 11) is 0. The summed E-state index contributed by atoms with van der Waals surface area (Å²) in [4.78, 5) is 26.1. The Hall–Kier alpha value is -1.88. The van der Waals surface area contributed by atoms with E-state index in [-0.39, 0.29) is 17.7 Å². The van der Waals surface area contributed by atoms with E-state index in [1.165, 1.54) is 5.56 Å². The zero-order chi connectivity index (χ0) is 17.5. The maximum atomic E-state index is 12.5. The summed E-state index contributed by atoms with van der Waals surface area (Å²) in [6.45, 7) is 6.43. The molecule has 1 aromatic carbocycles. The maximum absolute atomic E-state index is 12.5. The molecule has 1 heterocycles. The van der Waals surface area contributed by atoms with Gasteiger partial charge in [0.25, 0.3) is 0 Å². The predicted octanol–water partition coefficient (Wildman–Crippen LogP) is 2.51. The van der Waals surface area contributed by atoms with Crippen molar-refractivity contribution >= 4 is 11.9 Å². The Morgan fingerprint density at radius 3 is 2.62 bits per heavy atom. The van der Waals surface area contributed by atoms with Gasteiger partial charge in [-0.1, -0.05) is 44.2 Å². The van der Waals surface area contributed by atoms with Gasteiger partial charge < -0.3 is 10.4 Å².